The van der Waals surface area contributed by atoms with E-state index in [2.05, 4.69) is 42.5 Å². The summed E-state index contributed by atoms with van der Waals surface area (Å²) >= 11 is 0. The molecule has 0 saturated carbocycles. The van der Waals surface area contributed by atoms with Gasteiger partial charge in [-0.05, 0) is 33.1 Å². The van der Waals surface area contributed by atoms with Crippen LogP contribution in [-0.4, -0.2) is 45.2 Å². The fraction of sp³-hybridized carbons (Fsp3) is 0.571. The zero-order valence-corrected chi connectivity index (χ0v) is 10.9. The first-order valence-electron chi connectivity index (χ1n) is 6.24. The first-order chi connectivity index (χ1) is 8.24. The molecule has 0 aliphatic carbocycles. The summed E-state index contributed by atoms with van der Waals surface area (Å²) in [6, 6.07) is 8.96. The number of nitrogens with one attached hydrogen (secondary N) is 1. The molecule has 0 spiro atoms. The largest absolute Gasteiger partial charge is 0.496 e. The van der Waals surface area contributed by atoms with Crippen molar-refractivity contribution in [2.45, 2.75) is 18.4 Å². The van der Waals surface area contributed by atoms with Crippen molar-refractivity contribution in [2.75, 3.05) is 34.3 Å². The first-order valence-corrected chi connectivity index (χ1v) is 6.24. The van der Waals surface area contributed by atoms with Gasteiger partial charge < -0.3 is 15.0 Å². The monoisotopic (exact) mass is 234 g/mol. The van der Waals surface area contributed by atoms with Crippen molar-refractivity contribution in [3.05, 3.63) is 29.8 Å². The smallest absolute Gasteiger partial charge is 0.122 e. The minimum absolute atomic E-state index is 0.509. The van der Waals surface area contributed by atoms with Gasteiger partial charge in [0.15, 0.2) is 0 Å². The third-order valence-corrected chi connectivity index (χ3v) is 3.65. The summed E-state index contributed by atoms with van der Waals surface area (Å²) in [6.07, 6.45) is 1.19. The Bertz CT molecular complexity index is 365. The van der Waals surface area contributed by atoms with E-state index in [0.717, 1.165) is 18.8 Å². The third-order valence-electron chi connectivity index (χ3n) is 3.65. The summed E-state index contributed by atoms with van der Waals surface area (Å²) in [5.74, 6) is 1.52. The van der Waals surface area contributed by atoms with Crippen LogP contribution in [0.2, 0.25) is 0 Å². The second-order valence-electron chi connectivity index (χ2n) is 4.87. The van der Waals surface area contributed by atoms with Gasteiger partial charge in [0.05, 0.1) is 7.11 Å². The molecule has 2 unspecified atom stereocenters. The van der Waals surface area contributed by atoms with Crippen molar-refractivity contribution in [2.24, 2.45) is 0 Å². The Morgan fingerprint density at radius 1 is 1.29 bits per heavy atom. The highest BCUT2D eigenvalue weighted by Gasteiger charge is 2.29. The highest BCUT2D eigenvalue weighted by atomic mass is 16.5. The van der Waals surface area contributed by atoms with E-state index in [1.807, 2.05) is 6.07 Å². The number of hydrogen-bond donors (Lipinski definition) is 1. The molecule has 2 rings (SSSR count). The molecule has 1 fully saturated rings. The molecule has 1 saturated heterocycles. The number of para-hydroxylation sites is 1. The summed E-state index contributed by atoms with van der Waals surface area (Å²) in [5, 5.41) is 3.49. The lowest BCUT2D eigenvalue weighted by atomic mass is 9.85. The summed E-state index contributed by atoms with van der Waals surface area (Å²) in [6.45, 7) is 2.14. The molecular formula is C14H22N2O. The van der Waals surface area contributed by atoms with Crippen molar-refractivity contribution in [3.8, 4) is 5.75 Å². The average molecular weight is 234 g/mol. The SMILES string of the molecule is COc1ccccc1C1CNCCC1N(C)C. The van der Waals surface area contributed by atoms with E-state index in [1.54, 1.807) is 7.11 Å². The van der Waals surface area contributed by atoms with Crippen molar-refractivity contribution in [1.29, 1.82) is 0 Å². The number of methoxy groups -OCH3 is 1. The number of likely N-dealkylation sites (N-methyl/N-ethyl adjacent to an activating group) is 1. The van der Waals surface area contributed by atoms with Gasteiger partial charge in [0.2, 0.25) is 0 Å². The maximum Gasteiger partial charge on any atom is 0.122 e. The van der Waals surface area contributed by atoms with Crippen molar-refractivity contribution < 1.29 is 4.74 Å². The average Bonchev–Trinajstić information content (AvgIpc) is 2.38. The Kier molecular flexibility index (Phi) is 4.02. The number of ether oxygens (including phenoxy) is 1. The molecule has 17 heavy (non-hydrogen) atoms. The van der Waals surface area contributed by atoms with E-state index in [0.29, 0.717) is 12.0 Å². The normalized spacial score (nSPS) is 24.9. The van der Waals surface area contributed by atoms with Crippen LogP contribution in [0.1, 0.15) is 17.9 Å². The van der Waals surface area contributed by atoms with Crippen LogP contribution < -0.4 is 10.1 Å². The van der Waals surface area contributed by atoms with Crippen LogP contribution in [0, 0.1) is 0 Å². The zero-order valence-electron chi connectivity index (χ0n) is 10.9. The van der Waals surface area contributed by atoms with Gasteiger partial charge >= 0.3 is 0 Å². The molecule has 1 aliphatic rings. The van der Waals surface area contributed by atoms with Crippen LogP contribution in [0.5, 0.6) is 5.75 Å². The molecule has 0 radical (unpaired) electrons. The predicted molar refractivity (Wildman–Crippen MR) is 70.7 cm³/mol. The maximum atomic E-state index is 5.48. The summed E-state index contributed by atoms with van der Waals surface area (Å²) in [5.41, 5.74) is 1.32. The first kappa shape index (κ1) is 12.4. The number of piperidine rings is 1. The Balaban J connectivity index is 2.29. The fourth-order valence-corrected chi connectivity index (χ4v) is 2.75. The molecule has 3 heteroatoms. The number of nitrogens with zero attached hydrogens (tertiary/aromatic N) is 1. The Morgan fingerprint density at radius 2 is 2.06 bits per heavy atom. The van der Waals surface area contributed by atoms with Crippen molar-refractivity contribution in [3.63, 3.8) is 0 Å². The molecule has 1 aromatic rings. The van der Waals surface area contributed by atoms with E-state index in [1.165, 1.54) is 12.0 Å². The second kappa shape index (κ2) is 5.52. The van der Waals surface area contributed by atoms with Crippen molar-refractivity contribution in [1.82, 2.24) is 10.2 Å². The van der Waals surface area contributed by atoms with Crippen molar-refractivity contribution >= 4 is 0 Å². The Morgan fingerprint density at radius 3 is 2.76 bits per heavy atom. The van der Waals surface area contributed by atoms with Gasteiger partial charge in [-0.15, -0.1) is 0 Å². The predicted octanol–water partition coefficient (Wildman–Crippen LogP) is 1.70. The molecule has 0 aromatic heterocycles. The minimum atomic E-state index is 0.509. The van der Waals surface area contributed by atoms with Gasteiger partial charge in [0, 0.05) is 24.1 Å². The van der Waals surface area contributed by atoms with Gasteiger partial charge in [-0.1, -0.05) is 18.2 Å². The van der Waals surface area contributed by atoms with E-state index in [4.69, 9.17) is 4.74 Å². The molecule has 0 amide bonds. The number of rotatable bonds is 3. The van der Waals surface area contributed by atoms with Gasteiger partial charge in [0.1, 0.15) is 5.75 Å². The Labute approximate surface area is 104 Å². The number of benzene rings is 1. The van der Waals surface area contributed by atoms with Gasteiger partial charge in [-0.3, -0.25) is 0 Å². The van der Waals surface area contributed by atoms with Crippen LogP contribution in [-0.2, 0) is 0 Å². The lowest BCUT2D eigenvalue weighted by Crippen LogP contribution is -2.45. The maximum absolute atomic E-state index is 5.48. The van der Waals surface area contributed by atoms with Crippen LogP contribution in [0.3, 0.4) is 0 Å². The Hall–Kier alpha value is -1.06. The zero-order chi connectivity index (χ0) is 12.3. The molecule has 3 nitrogen and oxygen atoms in total. The molecule has 1 aliphatic heterocycles. The van der Waals surface area contributed by atoms with Gasteiger partial charge in [0.25, 0.3) is 0 Å². The minimum Gasteiger partial charge on any atom is -0.496 e. The third kappa shape index (κ3) is 2.61. The molecule has 2 atom stereocenters. The van der Waals surface area contributed by atoms with E-state index in [-0.39, 0.29) is 0 Å². The quantitative estimate of drug-likeness (QED) is 0.861. The standard InChI is InChI=1S/C14H22N2O/c1-16(2)13-8-9-15-10-12(13)11-6-4-5-7-14(11)17-3/h4-7,12-13,15H,8-10H2,1-3H3. The summed E-state index contributed by atoms with van der Waals surface area (Å²) in [7, 11) is 6.08. The fourth-order valence-electron chi connectivity index (χ4n) is 2.75. The van der Waals surface area contributed by atoms with Crippen LogP contribution in [0.4, 0.5) is 0 Å². The molecule has 1 aromatic carbocycles. The topological polar surface area (TPSA) is 24.5 Å². The molecule has 1 heterocycles. The highest BCUT2D eigenvalue weighted by Crippen LogP contribution is 2.32. The van der Waals surface area contributed by atoms with Crippen LogP contribution in [0.15, 0.2) is 24.3 Å². The second-order valence-corrected chi connectivity index (χ2v) is 4.87. The van der Waals surface area contributed by atoms with Gasteiger partial charge in [-0.2, -0.15) is 0 Å². The molecule has 0 bridgehead atoms. The molecule has 1 N–H and O–H groups in total. The van der Waals surface area contributed by atoms with Gasteiger partial charge in [-0.25, -0.2) is 0 Å². The van der Waals surface area contributed by atoms with Crippen LogP contribution >= 0.6 is 0 Å². The lowest BCUT2D eigenvalue weighted by Gasteiger charge is -2.37. The summed E-state index contributed by atoms with van der Waals surface area (Å²) < 4.78 is 5.48. The van der Waals surface area contributed by atoms with E-state index < -0.39 is 0 Å². The van der Waals surface area contributed by atoms with E-state index in [9.17, 15) is 0 Å². The number of hydrogen-bond acceptors (Lipinski definition) is 3. The van der Waals surface area contributed by atoms with E-state index >= 15 is 0 Å². The lowest BCUT2D eigenvalue weighted by molar-refractivity contribution is 0.207. The van der Waals surface area contributed by atoms with Crippen LogP contribution in [0.25, 0.3) is 0 Å². The highest BCUT2D eigenvalue weighted by molar-refractivity contribution is 5.37. The molecular weight excluding hydrogens is 212 g/mol. The molecule has 94 valence electrons. The summed E-state index contributed by atoms with van der Waals surface area (Å²) in [4.78, 5) is 2.33.